The van der Waals surface area contributed by atoms with E-state index in [-0.39, 0.29) is 29.7 Å². The van der Waals surface area contributed by atoms with Gasteiger partial charge in [-0.15, -0.1) is 0 Å². The molecule has 0 aliphatic heterocycles. The average Bonchev–Trinajstić information content (AvgIpc) is 3.19. The lowest BCUT2D eigenvalue weighted by Gasteiger charge is -2.30. The van der Waals surface area contributed by atoms with Crippen LogP contribution in [0, 0.1) is 25.7 Å². The zero-order chi connectivity index (χ0) is 25.0. The van der Waals surface area contributed by atoms with E-state index in [0.717, 1.165) is 42.6 Å². The molecule has 6 heteroatoms. The summed E-state index contributed by atoms with van der Waals surface area (Å²) < 4.78 is 1.83. The molecule has 1 saturated carbocycles. The van der Waals surface area contributed by atoms with Crippen LogP contribution in [0.4, 0.5) is 5.82 Å². The predicted octanol–water partition coefficient (Wildman–Crippen LogP) is 5.79. The SMILES string of the molecule is Cc1cccc(-n2nc(C(C)(C)C)cc2NC(=O)CN(CC(C)C)C(=O)C2CCCCC2)c1C. The Hall–Kier alpha value is -2.63. The molecule has 34 heavy (non-hydrogen) atoms. The number of aryl methyl sites for hydroxylation is 1. The second-order valence-electron chi connectivity index (χ2n) is 11.3. The summed E-state index contributed by atoms with van der Waals surface area (Å²) in [6.07, 6.45) is 5.27. The van der Waals surface area contributed by atoms with Gasteiger partial charge < -0.3 is 10.2 Å². The number of rotatable bonds is 7. The predicted molar refractivity (Wildman–Crippen MR) is 138 cm³/mol. The molecule has 1 heterocycles. The molecule has 1 aromatic carbocycles. The quantitative estimate of drug-likeness (QED) is 0.562. The zero-order valence-corrected chi connectivity index (χ0v) is 22.1. The number of amides is 2. The summed E-state index contributed by atoms with van der Waals surface area (Å²) in [4.78, 5) is 28.3. The number of benzene rings is 1. The van der Waals surface area contributed by atoms with E-state index in [9.17, 15) is 9.59 Å². The number of aromatic nitrogens is 2. The maximum absolute atomic E-state index is 13.3. The van der Waals surface area contributed by atoms with E-state index in [1.54, 1.807) is 4.90 Å². The minimum Gasteiger partial charge on any atom is -0.333 e. The molecule has 0 bridgehead atoms. The van der Waals surface area contributed by atoms with Crippen LogP contribution in [0.15, 0.2) is 24.3 Å². The summed E-state index contributed by atoms with van der Waals surface area (Å²) in [5.74, 6) is 0.929. The van der Waals surface area contributed by atoms with E-state index in [0.29, 0.717) is 18.3 Å². The van der Waals surface area contributed by atoms with Crippen LogP contribution in [-0.4, -0.2) is 39.6 Å². The molecular weight excluding hydrogens is 424 g/mol. The number of nitrogens with zero attached hydrogens (tertiary/aromatic N) is 3. The zero-order valence-electron chi connectivity index (χ0n) is 22.1. The van der Waals surface area contributed by atoms with Crippen molar-refractivity contribution in [3.63, 3.8) is 0 Å². The normalized spacial score (nSPS) is 14.9. The lowest BCUT2D eigenvalue weighted by atomic mass is 9.88. The molecule has 1 fully saturated rings. The Morgan fingerprint density at radius 3 is 2.44 bits per heavy atom. The van der Waals surface area contributed by atoms with Gasteiger partial charge in [0.1, 0.15) is 5.82 Å². The molecule has 0 saturated heterocycles. The first kappa shape index (κ1) is 26.0. The van der Waals surface area contributed by atoms with Crippen molar-refractivity contribution in [2.45, 2.75) is 86.0 Å². The fourth-order valence-corrected chi connectivity index (χ4v) is 4.62. The third-order valence-electron chi connectivity index (χ3n) is 6.74. The fraction of sp³-hybridized carbons (Fsp3) is 0.607. The van der Waals surface area contributed by atoms with Gasteiger partial charge in [0.25, 0.3) is 0 Å². The molecule has 0 radical (unpaired) electrons. The highest BCUT2D eigenvalue weighted by Crippen LogP contribution is 2.29. The van der Waals surface area contributed by atoms with Gasteiger partial charge in [-0.1, -0.05) is 66.0 Å². The maximum atomic E-state index is 13.3. The van der Waals surface area contributed by atoms with E-state index in [2.05, 4.69) is 59.8 Å². The van der Waals surface area contributed by atoms with Crippen molar-refractivity contribution in [2.75, 3.05) is 18.4 Å². The second kappa shape index (κ2) is 10.7. The fourth-order valence-electron chi connectivity index (χ4n) is 4.62. The smallest absolute Gasteiger partial charge is 0.245 e. The van der Waals surface area contributed by atoms with Crippen LogP contribution in [0.2, 0.25) is 0 Å². The summed E-state index contributed by atoms with van der Waals surface area (Å²) >= 11 is 0. The first-order valence-corrected chi connectivity index (χ1v) is 12.7. The molecule has 2 amide bonds. The highest BCUT2D eigenvalue weighted by Gasteiger charge is 2.28. The molecule has 186 valence electrons. The van der Waals surface area contributed by atoms with Crippen LogP contribution >= 0.6 is 0 Å². The third kappa shape index (κ3) is 6.28. The molecule has 2 aromatic rings. The summed E-state index contributed by atoms with van der Waals surface area (Å²) in [5.41, 5.74) is 3.98. The van der Waals surface area contributed by atoms with Crippen molar-refractivity contribution in [1.29, 1.82) is 0 Å². The Balaban J connectivity index is 1.86. The van der Waals surface area contributed by atoms with E-state index in [4.69, 9.17) is 5.10 Å². The number of hydrogen-bond acceptors (Lipinski definition) is 3. The van der Waals surface area contributed by atoms with Crippen molar-refractivity contribution < 1.29 is 9.59 Å². The van der Waals surface area contributed by atoms with Crippen LogP contribution in [-0.2, 0) is 15.0 Å². The molecular formula is C28H42N4O2. The summed E-state index contributed by atoms with van der Waals surface area (Å²) in [5, 5.41) is 7.94. The number of carbonyl (C=O) groups excluding carboxylic acids is 2. The van der Waals surface area contributed by atoms with Gasteiger partial charge in [-0.25, -0.2) is 4.68 Å². The van der Waals surface area contributed by atoms with Crippen LogP contribution < -0.4 is 5.32 Å². The molecule has 0 spiro atoms. The molecule has 0 unspecified atom stereocenters. The van der Waals surface area contributed by atoms with Crippen molar-refractivity contribution in [2.24, 2.45) is 11.8 Å². The average molecular weight is 467 g/mol. The van der Waals surface area contributed by atoms with Gasteiger partial charge in [0, 0.05) is 23.9 Å². The third-order valence-corrected chi connectivity index (χ3v) is 6.74. The van der Waals surface area contributed by atoms with Crippen LogP contribution in [0.25, 0.3) is 5.69 Å². The molecule has 1 aromatic heterocycles. The van der Waals surface area contributed by atoms with Crippen LogP contribution in [0.3, 0.4) is 0 Å². The molecule has 6 nitrogen and oxygen atoms in total. The first-order chi connectivity index (χ1) is 16.0. The van der Waals surface area contributed by atoms with Gasteiger partial charge in [0.05, 0.1) is 17.9 Å². The monoisotopic (exact) mass is 466 g/mol. The van der Waals surface area contributed by atoms with Gasteiger partial charge >= 0.3 is 0 Å². The number of hydrogen-bond donors (Lipinski definition) is 1. The summed E-state index contributed by atoms with van der Waals surface area (Å²) in [6.45, 7) is 15.3. The molecule has 3 rings (SSSR count). The van der Waals surface area contributed by atoms with Gasteiger partial charge in [-0.2, -0.15) is 5.10 Å². The van der Waals surface area contributed by atoms with Crippen molar-refractivity contribution >= 4 is 17.6 Å². The summed E-state index contributed by atoms with van der Waals surface area (Å²) in [7, 11) is 0. The first-order valence-electron chi connectivity index (χ1n) is 12.7. The largest absolute Gasteiger partial charge is 0.333 e. The Labute approximate surface area is 205 Å². The van der Waals surface area contributed by atoms with E-state index >= 15 is 0 Å². The van der Waals surface area contributed by atoms with Gasteiger partial charge in [-0.3, -0.25) is 9.59 Å². The van der Waals surface area contributed by atoms with Gasteiger partial charge in [-0.05, 0) is 49.8 Å². The maximum Gasteiger partial charge on any atom is 0.245 e. The lowest BCUT2D eigenvalue weighted by Crippen LogP contribution is -2.43. The van der Waals surface area contributed by atoms with Crippen molar-refractivity contribution in [1.82, 2.24) is 14.7 Å². The number of carbonyl (C=O) groups is 2. The van der Waals surface area contributed by atoms with E-state index in [1.165, 1.54) is 12.0 Å². The highest BCUT2D eigenvalue weighted by atomic mass is 16.2. The standard InChI is InChI=1S/C28H42N4O2/c1-19(2)17-31(27(34)22-13-9-8-10-14-22)18-26(33)29-25-16-24(28(5,6)7)30-32(25)23-15-11-12-20(3)21(23)4/h11-12,15-16,19,22H,8-10,13-14,17-18H2,1-7H3,(H,29,33). The topological polar surface area (TPSA) is 67.2 Å². The molecule has 1 N–H and O–H groups in total. The van der Waals surface area contributed by atoms with E-state index < -0.39 is 0 Å². The molecule has 0 atom stereocenters. The molecule has 1 aliphatic rings. The Morgan fingerprint density at radius 2 is 1.82 bits per heavy atom. The molecule has 1 aliphatic carbocycles. The van der Waals surface area contributed by atoms with Gasteiger partial charge in [0.15, 0.2) is 0 Å². The highest BCUT2D eigenvalue weighted by molar-refractivity contribution is 5.94. The van der Waals surface area contributed by atoms with Crippen LogP contribution in [0.5, 0.6) is 0 Å². The number of anilines is 1. The van der Waals surface area contributed by atoms with Crippen molar-refractivity contribution in [3.8, 4) is 5.69 Å². The Kier molecular flexibility index (Phi) is 8.21. The van der Waals surface area contributed by atoms with Crippen molar-refractivity contribution in [3.05, 3.63) is 41.1 Å². The van der Waals surface area contributed by atoms with E-state index in [1.807, 2.05) is 22.9 Å². The minimum absolute atomic E-state index is 0.0493. The second-order valence-corrected chi connectivity index (χ2v) is 11.3. The van der Waals surface area contributed by atoms with Gasteiger partial charge in [0.2, 0.25) is 11.8 Å². The Morgan fingerprint density at radius 1 is 1.15 bits per heavy atom. The lowest BCUT2D eigenvalue weighted by molar-refractivity contribution is -0.139. The number of nitrogens with one attached hydrogen (secondary N) is 1. The summed E-state index contributed by atoms with van der Waals surface area (Å²) in [6, 6.07) is 8.06. The Bertz CT molecular complexity index is 1010. The van der Waals surface area contributed by atoms with Crippen LogP contribution in [0.1, 0.15) is 83.5 Å². The minimum atomic E-state index is -0.184.